The first-order valence-electron chi connectivity index (χ1n) is 8.95. The Morgan fingerprint density at radius 3 is 2.50 bits per heavy atom. The average Bonchev–Trinajstić information content (AvgIpc) is 3.10. The second-order valence-electron chi connectivity index (χ2n) is 6.54. The van der Waals surface area contributed by atoms with Gasteiger partial charge in [0, 0.05) is 12.3 Å². The molecule has 142 valence electrons. The van der Waals surface area contributed by atoms with Gasteiger partial charge in [0.15, 0.2) is 10.8 Å². The molecule has 0 radical (unpaired) electrons. The second-order valence-corrected chi connectivity index (χ2v) is 7.84. The van der Waals surface area contributed by atoms with Gasteiger partial charge in [-0.25, -0.2) is 4.98 Å². The van der Waals surface area contributed by atoms with E-state index in [1.807, 2.05) is 42.5 Å². The largest absolute Gasteiger partial charge is 0.392 e. The maximum atomic E-state index is 13.2. The second kappa shape index (κ2) is 7.61. The minimum absolute atomic E-state index is 0.0400. The molecule has 0 spiro atoms. The van der Waals surface area contributed by atoms with Gasteiger partial charge in [-0.2, -0.15) is 5.10 Å². The van der Waals surface area contributed by atoms with Crippen molar-refractivity contribution >= 4 is 22.8 Å². The number of fused-ring (bicyclic) bond motifs is 1. The minimum Gasteiger partial charge on any atom is -0.392 e. The fourth-order valence-electron chi connectivity index (χ4n) is 3.07. The van der Waals surface area contributed by atoms with E-state index in [0.717, 1.165) is 11.1 Å². The van der Waals surface area contributed by atoms with Crippen LogP contribution in [0, 0.1) is 0 Å². The highest BCUT2D eigenvalue weighted by molar-refractivity contribution is 7.99. The van der Waals surface area contributed by atoms with Crippen molar-refractivity contribution in [2.24, 2.45) is 7.05 Å². The van der Waals surface area contributed by atoms with E-state index in [9.17, 15) is 9.90 Å². The Bertz CT molecular complexity index is 1170. The van der Waals surface area contributed by atoms with Crippen LogP contribution in [-0.4, -0.2) is 24.4 Å². The average molecular weight is 392 g/mol. The van der Waals surface area contributed by atoms with Crippen LogP contribution < -0.4 is 5.56 Å². The summed E-state index contributed by atoms with van der Waals surface area (Å²) >= 11 is 1.53. The number of benzene rings is 2. The van der Waals surface area contributed by atoms with Gasteiger partial charge in [-0.05, 0) is 30.2 Å². The molecule has 7 heteroatoms. The summed E-state index contributed by atoms with van der Waals surface area (Å²) in [7, 11) is 1.78. The van der Waals surface area contributed by atoms with Gasteiger partial charge < -0.3 is 5.11 Å². The summed E-state index contributed by atoms with van der Waals surface area (Å²) in [6.45, 7) is 2.06. The van der Waals surface area contributed by atoms with E-state index < -0.39 is 0 Å². The number of nitrogens with zero attached hydrogens (tertiary/aromatic N) is 4. The fraction of sp³-hybridized carbons (Fsp3) is 0.190. The number of rotatable bonds is 5. The predicted octanol–water partition coefficient (Wildman–Crippen LogP) is 3.46. The van der Waals surface area contributed by atoms with Crippen LogP contribution >= 0.6 is 11.8 Å². The summed E-state index contributed by atoms with van der Waals surface area (Å²) in [6.07, 6.45) is 1.55. The summed E-state index contributed by atoms with van der Waals surface area (Å²) in [5, 5.41) is 14.7. The molecule has 0 aliphatic rings. The van der Waals surface area contributed by atoms with E-state index in [4.69, 9.17) is 4.98 Å². The molecule has 1 atom stereocenters. The maximum Gasteiger partial charge on any atom is 0.269 e. The summed E-state index contributed by atoms with van der Waals surface area (Å²) in [6, 6.07) is 17.4. The maximum absolute atomic E-state index is 13.2. The highest BCUT2D eigenvalue weighted by atomic mass is 32.2. The molecule has 0 fully saturated rings. The molecule has 6 nitrogen and oxygen atoms in total. The predicted molar refractivity (Wildman–Crippen MR) is 111 cm³/mol. The first kappa shape index (κ1) is 18.5. The zero-order valence-electron chi connectivity index (χ0n) is 15.6. The van der Waals surface area contributed by atoms with Crippen LogP contribution in [0.4, 0.5) is 0 Å². The van der Waals surface area contributed by atoms with E-state index in [1.165, 1.54) is 11.8 Å². The van der Waals surface area contributed by atoms with Crippen molar-refractivity contribution in [2.75, 3.05) is 0 Å². The summed E-state index contributed by atoms with van der Waals surface area (Å²) in [5.41, 5.74) is 3.07. The van der Waals surface area contributed by atoms with Crippen LogP contribution in [0.1, 0.15) is 23.3 Å². The smallest absolute Gasteiger partial charge is 0.269 e. The quantitative estimate of drug-likeness (QED) is 0.416. The molecular weight excluding hydrogens is 372 g/mol. The van der Waals surface area contributed by atoms with Crippen molar-refractivity contribution < 1.29 is 5.11 Å². The molecule has 2 aromatic heterocycles. The highest BCUT2D eigenvalue weighted by Crippen LogP contribution is 2.34. The van der Waals surface area contributed by atoms with E-state index in [1.54, 1.807) is 22.5 Å². The Morgan fingerprint density at radius 2 is 1.82 bits per heavy atom. The Balaban J connectivity index is 1.87. The Kier molecular flexibility index (Phi) is 5.02. The number of thioether (sulfide) groups is 1. The van der Waals surface area contributed by atoms with Gasteiger partial charge in [0.25, 0.3) is 5.56 Å². The van der Waals surface area contributed by atoms with Crippen LogP contribution in [0.3, 0.4) is 0 Å². The molecular formula is C21H20N4O2S. The SMILES string of the molecule is C[C@@H](Sc1nc2c(cnn2C)c(=O)n1-c1ccc(CO)cc1)c1ccccc1. The van der Waals surface area contributed by atoms with Crippen molar-refractivity contribution in [3.05, 3.63) is 82.3 Å². The monoisotopic (exact) mass is 392 g/mol. The first-order chi connectivity index (χ1) is 13.6. The van der Waals surface area contributed by atoms with E-state index in [-0.39, 0.29) is 17.4 Å². The third kappa shape index (κ3) is 3.34. The highest BCUT2D eigenvalue weighted by Gasteiger charge is 2.18. The van der Waals surface area contributed by atoms with E-state index in [2.05, 4.69) is 24.2 Å². The zero-order valence-corrected chi connectivity index (χ0v) is 16.4. The molecule has 0 unspecified atom stereocenters. The van der Waals surface area contributed by atoms with E-state index >= 15 is 0 Å². The number of aryl methyl sites for hydroxylation is 1. The van der Waals surface area contributed by atoms with Crippen LogP contribution in [-0.2, 0) is 13.7 Å². The third-order valence-corrected chi connectivity index (χ3v) is 5.77. The van der Waals surface area contributed by atoms with Crippen LogP contribution in [0.5, 0.6) is 0 Å². The van der Waals surface area contributed by atoms with Crippen molar-refractivity contribution in [3.8, 4) is 5.69 Å². The third-order valence-electron chi connectivity index (χ3n) is 4.66. The van der Waals surface area contributed by atoms with Gasteiger partial charge in [0.2, 0.25) is 0 Å². The number of hydrogen-bond acceptors (Lipinski definition) is 5. The molecule has 4 aromatic rings. The standard InChI is InChI=1S/C21H20N4O2S/c1-14(16-6-4-3-5-7-16)28-21-23-19-18(12-22-24(19)2)20(27)25(21)17-10-8-15(13-26)9-11-17/h3-12,14,26H,13H2,1-2H3/t14-/m1/s1. The number of aliphatic hydroxyl groups excluding tert-OH is 1. The summed E-state index contributed by atoms with van der Waals surface area (Å²) in [4.78, 5) is 18.0. The lowest BCUT2D eigenvalue weighted by Crippen LogP contribution is -2.22. The Hall–Kier alpha value is -2.90. The molecule has 2 heterocycles. The van der Waals surface area contributed by atoms with Crippen LogP contribution in [0.25, 0.3) is 16.7 Å². The van der Waals surface area contributed by atoms with Crippen molar-refractivity contribution in [1.82, 2.24) is 19.3 Å². The van der Waals surface area contributed by atoms with Crippen LogP contribution in [0.15, 0.2) is 70.7 Å². The van der Waals surface area contributed by atoms with Gasteiger partial charge >= 0.3 is 0 Å². The Labute approximate surface area is 166 Å². The van der Waals surface area contributed by atoms with Gasteiger partial charge in [-0.1, -0.05) is 54.2 Å². The molecule has 1 N–H and O–H groups in total. The van der Waals surface area contributed by atoms with E-state index in [0.29, 0.717) is 21.9 Å². The van der Waals surface area contributed by atoms with Crippen LogP contribution in [0.2, 0.25) is 0 Å². The van der Waals surface area contributed by atoms with Crippen molar-refractivity contribution in [2.45, 2.75) is 23.9 Å². The molecule has 0 aliphatic carbocycles. The molecule has 0 saturated carbocycles. The number of aliphatic hydroxyl groups is 1. The number of hydrogen-bond donors (Lipinski definition) is 1. The molecule has 4 rings (SSSR count). The van der Waals surface area contributed by atoms with Gasteiger partial charge in [-0.3, -0.25) is 14.0 Å². The molecule has 0 aliphatic heterocycles. The van der Waals surface area contributed by atoms with Gasteiger partial charge in [0.05, 0.1) is 18.5 Å². The molecule has 2 aromatic carbocycles. The topological polar surface area (TPSA) is 72.9 Å². The van der Waals surface area contributed by atoms with Crippen molar-refractivity contribution in [1.29, 1.82) is 0 Å². The summed E-state index contributed by atoms with van der Waals surface area (Å²) in [5.74, 6) is 0. The lowest BCUT2D eigenvalue weighted by molar-refractivity contribution is 0.282. The molecule has 0 amide bonds. The Morgan fingerprint density at radius 1 is 1.11 bits per heavy atom. The normalized spacial score (nSPS) is 12.4. The van der Waals surface area contributed by atoms with Gasteiger partial charge in [0.1, 0.15) is 5.39 Å². The minimum atomic E-state index is -0.155. The van der Waals surface area contributed by atoms with Gasteiger partial charge in [-0.15, -0.1) is 0 Å². The fourth-order valence-corrected chi connectivity index (χ4v) is 4.11. The lowest BCUT2D eigenvalue weighted by atomic mass is 10.2. The zero-order chi connectivity index (χ0) is 19.7. The lowest BCUT2D eigenvalue weighted by Gasteiger charge is -2.16. The first-order valence-corrected chi connectivity index (χ1v) is 9.83. The number of aromatic nitrogens is 4. The van der Waals surface area contributed by atoms with Crippen molar-refractivity contribution in [3.63, 3.8) is 0 Å². The summed E-state index contributed by atoms with van der Waals surface area (Å²) < 4.78 is 3.24. The molecule has 0 bridgehead atoms. The molecule has 0 saturated heterocycles. The molecule has 28 heavy (non-hydrogen) atoms.